The van der Waals surface area contributed by atoms with E-state index in [1.54, 1.807) is 13.8 Å². The van der Waals surface area contributed by atoms with E-state index >= 15 is 0 Å². The summed E-state index contributed by atoms with van der Waals surface area (Å²) in [5, 5.41) is 22.1. The Bertz CT molecular complexity index is 722. The van der Waals surface area contributed by atoms with Crippen molar-refractivity contribution in [2.24, 2.45) is 5.41 Å². The fraction of sp³-hybridized carbons (Fsp3) is 0.688. The Labute approximate surface area is 127 Å². The van der Waals surface area contributed by atoms with E-state index in [0.29, 0.717) is 30.8 Å². The summed E-state index contributed by atoms with van der Waals surface area (Å²) in [6.45, 7) is 5.91. The number of hydrogen-bond acceptors (Lipinski definition) is 6. The second kappa shape index (κ2) is 3.25. The van der Waals surface area contributed by atoms with Gasteiger partial charge in [-0.15, -0.1) is 0 Å². The van der Waals surface area contributed by atoms with Crippen LogP contribution in [0.5, 0.6) is 0 Å². The van der Waals surface area contributed by atoms with Gasteiger partial charge in [-0.25, -0.2) is 0 Å². The molecule has 0 amide bonds. The molecule has 0 saturated carbocycles. The van der Waals surface area contributed by atoms with Gasteiger partial charge in [-0.2, -0.15) is 0 Å². The van der Waals surface area contributed by atoms with Gasteiger partial charge in [0.1, 0.15) is 11.7 Å². The lowest BCUT2D eigenvalue weighted by molar-refractivity contribution is -0.290. The fourth-order valence-corrected chi connectivity index (χ4v) is 5.33. The first kappa shape index (κ1) is 13.4. The lowest BCUT2D eigenvalue weighted by Gasteiger charge is -2.32. The largest absolute Gasteiger partial charge is 0.386 e. The average molecular weight is 306 g/mol. The number of ether oxygens (including phenoxy) is 3. The summed E-state index contributed by atoms with van der Waals surface area (Å²) in [4.78, 5) is 12.9. The molecule has 4 aliphatic heterocycles. The van der Waals surface area contributed by atoms with Crippen LogP contribution in [-0.4, -0.2) is 52.5 Å². The van der Waals surface area contributed by atoms with E-state index in [-0.39, 0.29) is 5.78 Å². The molecule has 3 fully saturated rings. The van der Waals surface area contributed by atoms with Crippen LogP contribution in [0.3, 0.4) is 0 Å². The van der Waals surface area contributed by atoms with Crippen molar-refractivity contribution in [1.82, 2.24) is 0 Å². The minimum Gasteiger partial charge on any atom is -0.386 e. The summed E-state index contributed by atoms with van der Waals surface area (Å²) < 4.78 is 17.7. The highest BCUT2D eigenvalue weighted by molar-refractivity contribution is 6.06. The van der Waals surface area contributed by atoms with Crippen molar-refractivity contribution in [3.8, 4) is 0 Å². The van der Waals surface area contributed by atoms with E-state index in [0.717, 1.165) is 11.1 Å². The molecule has 0 aromatic carbocycles. The van der Waals surface area contributed by atoms with Crippen LogP contribution in [0.1, 0.15) is 27.2 Å². The van der Waals surface area contributed by atoms with Crippen LogP contribution in [-0.2, 0) is 19.0 Å². The Balaban J connectivity index is 1.90. The molecule has 118 valence electrons. The summed E-state index contributed by atoms with van der Waals surface area (Å²) in [6, 6.07) is 0. The lowest BCUT2D eigenvalue weighted by atomic mass is 9.69. The summed E-state index contributed by atoms with van der Waals surface area (Å²) >= 11 is 0. The van der Waals surface area contributed by atoms with Crippen LogP contribution in [0.25, 0.3) is 0 Å². The molecule has 6 nitrogen and oxygen atoms in total. The molecule has 0 aromatic heterocycles. The van der Waals surface area contributed by atoms with Gasteiger partial charge in [-0.3, -0.25) is 4.79 Å². The maximum atomic E-state index is 12.9. The van der Waals surface area contributed by atoms with Gasteiger partial charge >= 0.3 is 0 Å². The van der Waals surface area contributed by atoms with Gasteiger partial charge in [-0.05, 0) is 37.5 Å². The first-order chi connectivity index (χ1) is 10.3. The molecule has 2 N–H and O–H groups in total. The predicted octanol–water partition coefficient (Wildman–Crippen LogP) is 0.187. The SMILES string of the molecule is CC1=C(C)[C@]23C[C@@]45COCC4=C(C)[C@](O)(O[C@@]2(O5)C1=O)[C@@H]3O. The van der Waals surface area contributed by atoms with E-state index < -0.39 is 28.7 Å². The first-order valence-corrected chi connectivity index (χ1v) is 7.57. The zero-order chi connectivity index (χ0) is 15.7. The molecule has 4 heterocycles. The normalized spacial score (nSPS) is 55.3. The molecule has 3 spiro atoms. The number of carbonyl (C=O) groups excluding carboxylic acids is 1. The third-order valence-electron chi connectivity index (χ3n) is 6.62. The van der Waals surface area contributed by atoms with Crippen LogP contribution in [0, 0.1) is 5.41 Å². The average Bonchev–Trinajstić information content (AvgIpc) is 3.08. The first-order valence-electron chi connectivity index (χ1n) is 7.57. The number of aliphatic hydroxyl groups is 2. The van der Waals surface area contributed by atoms with E-state index in [2.05, 4.69) is 0 Å². The van der Waals surface area contributed by atoms with E-state index in [9.17, 15) is 15.0 Å². The summed E-state index contributed by atoms with van der Waals surface area (Å²) in [7, 11) is 0. The van der Waals surface area contributed by atoms with Crippen molar-refractivity contribution >= 4 is 5.78 Å². The quantitative estimate of drug-likeness (QED) is 0.621. The van der Waals surface area contributed by atoms with Crippen LogP contribution in [0.4, 0.5) is 0 Å². The molecule has 5 atom stereocenters. The third-order valence-corrected chi connectivity index (χ3v) is 6.62. The van der Waals surface area contributed by atoms with Gasteiger partial charge < -0.3 is 24.4 Å². The highest BCUT2D eigenvalue weighted by atomic mass is 16.8. The maximum absolute atomic E-state index is 12.9. The minimum absolute atomic E-state index is 0.294. The van der Waals surface area contributed by atoms with Crippen molar-refractivity contribution in [1.29, 1.82) is 0 Å². The molecule has 0 aromatic rings. The third kappa shape index (κ3) is 0.932. The Morgan fingerprint density at radius 2 is 1.91 bits per heavy atom. The smallest absolute Gasteiger partial charge is 0.249 e. The zero-order valence-electron chi connectivity index (χ0n) is 12.7. The number of Topliss-reactive ketones (excluding diaryl/α,β-unsaturated/α-hetero) is 1. The fourth-order valence-electron chi connectivity index (χ4n) is 5.33. The zero-order valence-corrected chi connectivity index (χ0v) is 12.7. The van der Waals surface area contributed by atoms with Crippen molar-refractivity contribution in [3.63, 3.8) is 0 Å². The molecule has 6 heteroatoms. The lowest BCUT2D eigenvalue weighted by Crippen LogP contribution is -2.49. The van der Waals surface area contributed by atoms with Crippen molar-refractivity contribution in [3.05, 3.63) is 22.3 Å². The Hall–Kier alpha value is -1.05. The number of aliphatic hydroxyl groups excluding tert-OH is 1. The molecule has 0 unspecified atom stereocenters. The Morgan fingerprint density at radius 3 is 2.59 bits per heavy atom. The van der Waals surface area contributed by atoms with Gasteiger partial charge in [0.2, 0.25) is 17.4 Å². The van der Waals surface area contributed by atoms with Crippen LogP contribution in [0.15, 0.2) is 22.3 Å². The highest BCUT2D eigenvalue weighted by Crippen LogP contribution is 2.73. The van der Waals surface area contributed by atoms with Crippen LogP contribution >= 0.6 is 0 Å². The van der Waals surface area contributed by atoms with Crippen LogP contribution < -0.4 is 0 Å². The minimum atomic E-state index is -1.90. The summed E-state index contributed by atoms with van der Waals surface area (Å²) in [5.74, 6) is -3.83. The topological polar surface area (TPSA) is 85.2 Å². The molecule has 2 aliphatic carbocycles. The van der Waals surface area contributed by atoms with Gasteiger partial charge in [0.25, 0.3) is 0 Å². The van der Waals surface area contributed by atoms with E-state index in [1.165, 1.54) is 0 Å². The molecule has 0 radical (unpaired) electrons. The van der Waals surface area contributed by atoms with Crippen molar-refractivity contribution in [2.45, 2.75) is 50.5 Å². The summed E-state index contributed by atoms with van der Waals surface area (Å²) in [5.41, 5.74) is 0.785. The van der Waals surface area contributed by atoms with Gasteiger partial charge in [0, 0.05) is 6.42 Å². The second-order valence-corrected chi connectivity index (χ2v) is 7.24. The number of rotatable bonds is 0. The number of hydrogen-bond donors (Lipinski definition) is 2. The van der Waals surface area contributed by atoms with E-state index in [4.69, 9.17) is 14.2 Å². The molecule has 6 aliphatic rings. The van der Waals surface area contributed by atoms with Gasteiger partial charge in [0.15, 0.2) is 0 Å². The van der Waals surface area contributed by atoms with Crippen molar-refractivity contribution in [2.75, 3.05) is 13.2 Å². The van der Waals surface area contributed by atoms with E-state index in [1.807, 2.05) is 6.92 Å². The highest BCUT2D eigenvalue weighted by Gasteiger charge is 2.87. The Kier molecular flexibility index (Phi) is 1.98. The molecular weight excluding hydrogens is 288 g/mol. The maximum Gasteiger partial charge on any atom is 0.249 e. The molecular formula is C16H18O6. The summed E-state index contributed by atoms with van der Waals surface area (Å²) in [6.07, 6.45) is -0.843. The van der Waals surface area contributed by atoms with Gasteiger partial charge in [0.05, 0.1) is 18.6 Å². The van der Waals surface area contributed by atoms with Crippen LogP contribution in [0.2, 0.25) is 0 Å². The number of ketones is 1. The van der Waals surface area contributed by atoms with Crippen molar-refractivity contribution < 1.29 is 29.2 Å². The second-order valence-electron chi connectivity index (χ2n) is 7.24. The molecule has 4 bridgehead atoms. The predicted molar refractivity (Wildman–Crippen MR) is 72.5 cm³/mol. The standard InChI is InChI=1S/C16H18O6/c1-7-8(2)14-5-13-6-20-4-10(13)9(3)15(19,12(14)18)22-16(14,21-13)11(7)17/h12,18-19H,4-6H2,1-3H3/t12-,13-,14+,15+,16+/m1/s1. The monoisotopic (exact) mass is 306 g/mol. The molecule has 22 heavy (non-hydrogen) atoms. The Morgan fingerprint density at radius 1 is 1.18 bits per heavy atom. The van der Waals surface area contributed by atoms with Gasteiger partial charge in [-0.1, -0.05) is 5.57 Å². The number of carbonyl (C=O) groups is 1. The molecule has 6 rings (SSSR count). The molecule has 3 saturated heterocycles.